The van der Waals surface area contributed by atoms with E-state index in [-0.39, 0.29) is 5.91 Å². The van der Waals surface area contributed by atoms with Crippen LogP contribution in [0, 0.1) is 0 Å². The van der Waals surface area contributed by atoms with Gasteiger partial charge < -0.3 is 14.7 Å². The Kier molecular flexibility index (Phi) is 5.45. The quantitative estimate of drug-likeness (QED) is 0.825. The maximum atomic E-state index is 13.5. The number of hydrogen-bond donors (Lipinski definition) is 1. The summed E-state index contributed by atoms with van der Waals surface area (Å²) in [5, 5.41) is 10.3. The summed E-state index contributed by atoms with van der Waals surface area (Å²) in [5.74, 6) is -0.222. The van der Waals surface area contributed by atoms with Gasteiger partial charge in [-0.25, -0.2) is 4.79 Å². The second-order valence-corrected chi connectivity index (χ2v) is 9.54. The normalized spacial score (nSPS) is 24.3. The fourth-order valence-corrected chi connectivity index (χ4v) is 5.09. The Balaban J connectivity index is 1.90. The van der Waals surface area contributed by atoms with Gasteiger partial charge in [0.25, 0.3) is 5.91 Å². The van der Waals surface area contributed by atoms with Gasteiger partial charge in [0.05, 0.1) is 5.88 Å². The van der Waals surface area contributed by atoms with E-state index < -0.39 is 22.4 Å². The number of nitrogens with zero attached hydrogens (tertiary/aromatic N) is 1. The molecule has 142 valence electrons. The van der Waals surface area contributed by atoms with E-state index in [2.05, 4.69) is 0 Å². The second kappa shape index (κ2) is 7.31. The van der Waals surface area contributed by atoms with Crippen LogP contribution in [0.1, 0.15) is 46.0 Å². The number of ether oxygens (including phenoxy) is 1. The highest BCUT2D eigenvalue weighted by Gasteiger charge is 2.54. The number of carboxylic acid groups (broad SMARTS) is 1. The molecule has 1 saturated heterocycles. The number of benzene rings is 1. The monoisotopic (exact) mass is 397 g/mol. The van der Waals surface area contributed by atoms with Crippen LogP contribution in [-0.2, 0) is 9.59 Å². The van der Waals surface area contributed by atoms with Gasteiger partial charge in [0.2, 0.25) is 0 Å². The third-order valence-electron chi connectivity index (χ3n) is 5.22. The van der Waals surface area contributed by atoms with Crippen molar-refractivity contribution in [3.8, 4) is 5.75 Å². The minimum absolute atomic E-state index is 0.211. The molecule has 0 bridgehead atoms. The van der Waals surface area contributed by atoms with Crippen LogP contribution in [0.4, 0.5) is 0 Å². The fraction of sp³-hybridized carbons (Fsp3) is 0.579. The average Bonchev–Trinajstić information content (AvgIpc) is 2.92. The summed E-state index contributed by atoms with van der Waals surface area (Å²) < 4.78 is 5.69. The standard InChI is InChI=1S/C19H24ClNO4S/c1-18(2)15(16(22)23)21(12-26-18)17(24)19(10-4-3-5-11-19)25-14-8-6-13(20)7-9-14/h6-9,15H,3-5,10-12H2,1-2H3,(H,22,23). The molecule has 7 heteroatoms. The van der Waals surface area contributed by atoms with Crippen molar-refractivity contribution in [1.82, 2.24) is 4.90 Å². The third kappa shape index (κ3) is 3.67. The van der Waals surface area contributed by atoms with Crippen molar-refractivity contribution in [2.75, 3.05) is 5.88 Å². The zero-order valence-corrected chi connectivity index (χ0v) is 16.6. The SMILES string of the molecule is CC1(C)SCN(C(=O)C2(Oc3ccc(Cl)cc3)CCCCC2)C1C(=O)O. The Labute approximate surface area is 163 Å². The molecule has 3 rings (SSSR count). The van der Waals surface area contributed by atoms with Gasteiger partial charge in [0.1, 0.15) is 11.8 Å². The number of rotatable bonds is 4. The van der Waals surface area contributed by atoms with E-state index in [1.165, 1.54) is 16.7 Å². The predicted octanol–water partition coefficient (Wildman–Crippen LogP) is 4.19. The molecular weight excluding hydrogens is 374 g/mol. The minimum Gasteiger partial charge on any atom is -0.480 e. The molecule has 1 saturated carbocycles. The van der Waals surface area contributed by atoms with Crippen LogP contribution in [0.5, 0.6) is 5.75 Å². The summed E-state index contributed by atoms with van der Waals surface area (Å²) >= 11 is 7.44. The van der Waals surface area contributed by atoms with E-state index in [0.29, 0.717) is 29.5 Å². The molecule has 1 N–H and O–H groups in total. The Morgan fingerprint density at radius 2 is 1.81 bits per heavy atom. The summed E-state index contributed by atoms with van der Waals surface area (Å²) in [6, 6.07) is 6.11. The van der Waals surface area contributed by atoms with E-state index in [1.54, 1.807) is 24.3 Å². The maximum absolute atomic E-state index is 13.5. The highest BCUT2D eigenvalue weighted by Crippen LogP contribution is 2.43. The van der Waals surface area contributed by atoms with Crippen LogP contribution in [0.2, 0.25) is 5.02 Å². The van der Waals surface area contributed by atoms with Crippen LogP contribution in [0.15, 0.2) is 24.3 Å². The van der Waals surface area contributed by atoms with Gasteiger partial charge in [-0.15, -0.1) is 11.8 Å². The summed E-state index contributed by atoms with van der Waals surface area (Å²) in [6.45, 7) is 3.74. The molecule has 1 unspecified atom stereocenters. The molecule has 1 atom stereocenters. The van der Waals surface area contributed by atoms with Gasteiger partial charge >= 0.3 is 5.97 Å². The lowest BCUT2D eigenvalue weighted by molar-refractivity contribution is -0.160. The lowest BCUT2D eigenvalue weighted by Gasteiger charge is -2.40. The lowest BCUT2D eigenvalue weighted by atomic mass is 9.82. The van der Waals surface area contributed by atoms with Crippen molar-refractivity contribution in [2.24, 2.45) is 0 Å². The minimum atomic E-state index is -0.999. The summed E-state index contributed by atoms with van der Waals surface area (Å²) in [5.41, 5.74) is -0.999. The molecule has 2 fully saturated rings. The number of aliphatic carboxylic acids is 1. The molecule has 1 heterocycles. The first-order valence-electron chi connectivity index (χ1n) is 8.88. The fourth-order valence-electron chi connectivity index (χ4n) is 3.84. The van der Waals surface area contributed by atoms with Gasteiger partial charge in [-0.05, 0) is 63.8 Å². The van der Waals surface area contributed by atoms with Crippen LogP contribution in [0.3, 0.4) is 0 Å². The van der Waals surface area contributed by atoms with Crippen LogP contribution in [-0.4, -0.2) is 44.1 Å². The predicted molar refractivity (Wildman–Crippen MR) is 103 cm³/mol. The zero-order valence-electron chi connectivity index (χ0n) is 15.0. The van der Waals surface area contributed by atoms with E-state index in [1.807, 2.05) is 13.8 Å². The first-order valence-corrected chi connectivity index (χ1v) is 10.2. The molecular formula is C19H24ClNO4S. The molecule has 1 aromatic rings. The first kappa shape index (κ1) is 19.4. The molecule has 2 aliphatic rings. The van der Waals surface area contributed by atoms with E-state index in [9.17, 15) is 14.7 Å². The summed E-state index contributed by atoms with van der Waals surface area (Å²) in [7, 11) is 0. The molecule has 0 radical (unpaired) electrons. The average molecular weight is 398 g/mol. The number of carbonyl (C=O) groups excluding carboxylic acids is 1. The van der Waals surface area contributed by atoms with Gasteiger partial charge in [-0.3, -0.25) is 4.79 Å². The van der Waals surface area contributed by atoms with E-state index in [4.69, 9.17) is 16.3 Å². The van der Waals surface area contributed by atoms with Gasteiger partial charge in [-0.2, -0.15) is 0 Å². The topological polar surface area (TPSA) is 66.8 Å². The maximum Gasteiger partial charge on any atom is 0.327 e. The van der Waals surface area contributed by atoms with Crippen LogP contribution < -0.4 is 4.74 Å². The number of thioether (sulfide) groups is 1. The Morgan fingerprint density at radius 3 is 2.38 bits per heavy atom. The Morgan fingerprint density at radius 1 is 1.19 bits per heavy atom. The molecule has 5 nitrogen and oxygen atoms in total. The number of amides is 1. The second-order valence-electron chi connectivity index (χ2n) is 7.50. The highest BCUT2D eigenvalue weighted by atomic mass is 35.5. The van der Waals surface area contributed by atoms with Crippen molar-refractivity contribution in [1.29, 1.82) is 0 Å². The molecule has 1 aromatic carbocycles. The molecule has 1 aliphatic carbocycles. The van der Waals surface area contributed by atoms with Crippen molar-refractivity contribution >= 4 is 35.2 Å². The van der Waals surface area contributed by atoms with Gasteiger partial charge in [0.15, 0.2) is 5.60 Å². The molecule has 1 aliphatic heterocycles. The zero-order chi connectivity index (χ0) is 18.9. The largest absolute Gasteiger partial charge is 0.480 e. The van der Waals surface area contributed by atoms with Crippen molar-refractivity contribution in [3.05, 3.63) is 29.3 Å². The third-order valence-corrected chi connectivity index (χ3v) is 6.84. The van der Waals surface area contributed by atoms with Gasteiger partial charge in [-0.1, -0.05) is 18.0 Å². The van der Waals surface area contributed by atoms with Crippen molar-refractivity contribution in [2.45, 2.75) is 62.3 Å². The Hall–Kier alpha value is -1.40. The van der Waals surface area contributed by atoms with Crippen LogP contribution >= 0.6 is 23.4 Å². The number of carbonyl (C=O) groups is 2. The Bertz CT molecular complexity index is 685. The molecule has 1 amide bonds. The van der Waals surface area contributed by atoms with Crippen LogP contribution in [0.25, 0.3) is 0 Å². The summed E-state index contributed by atoms with van der Waals surface area (Å²) in [4.78, 5) is 26.8. The number of carboxylic acids is 1. The number of hydrogen-bond acceptors (Lipinski definition) is 4. The van der Waals surface area contributed by atoms with E-state index in [0.717, 1.165) is 19.3 Å². The van der Waals surface area contributed by atoms with Gasteiger partial charge in [0, 0.05) is 9.77 Å². The van der Waals surface area contributed by atoms with Crippen molar-refractivity contribution in [3.63, 3.8) is 0 Å². The van der Waals surface area contributed by atoms with E-state index >= 15 is 0 Å². The highest BCUT2D eigenvalue weighted by molar-refractivity contribution is 8.00. The van der Waals surface area contributed by atoms with Crippen molar-refractivity contribution < 1.29 is 19.4 Å². The lowest BCUT2D eigenvalue weighted by Crippen LogP contribution is -2.58. The number of halogens is 1. The summed E-state index contributed by atoms with van der Waals surface area (Å²) in [6.07, 6.45) is 4.04. The molecule has 0 aromatic heterocycles. The molecule has 26 heavy (non-hydrogen) atoms. The smallest absolute Gasteiger partial charge is 0.327 e. The molecule has 0 spiro atoms. The first-order chi connectivity index (χ1) is 12.3.